The van der Waals surface area contributed by atoms with Crippen LogP contribution in [0.15, 0.2) is 43.0 Å². The van der Waals surface area contributed by atoms with Crippen LogP contribution in [0.3, 0.4) is 0 Å². The van der Waals surface area contributed by atoms with Crippen molar-refractivity contribution in [3.8, 4) is 0 Å². The molecule has 0 bridgehead atoms. The molecular weight excluding hydrogens is 254 g/mol. The molecule has 2 unspecified atom stereocenters. The zero-order valence-corrected chi connectivity index (χ0v) is 11.6. The second-order valence-corrected chi connectivity index (χ2v) is 5.11. The minimum atomic E-state index is -0.556. The Bertz CT molecular complexity index is 446. The van der Waals surface area contributed by atoms with E-state index in [9.17, 15) is 9.90 Å². The SMILES string of the molecule is C=CC(O)C1CCCN(C(=O)OCc2ccccc2)C1. The third-order valence-corrected chi connectivity index (χ3v) is 3.65. The summed E-state index contributed by atoms with van der Waals surface area (Å²) in [6.45, 7) is 5.10. The Balaban J connectivity index is 1.84. The monoisotopic (exact) mass is 275 g/mol. The lowest BCUT2D eigenvalue weighted by molar-refractivity contribution is 0.0537. The van der Waals surface area contributed by atoms with E-state index < -0.39 is 6.10 Å². The number of rotatable bonds is 4. The van der Waals surface area contributed by atoms with Gasteiger partial charge in [0.2, 0.25) is 0 Å². The fourth-order valence-electron chi connectivity index (χ4n) is 2.46. The summed E-state index contributed by atoms with van der Waals surface area (Å²) in [4.78, 5) is 13.7. The standard InChI is InChI=1S/C16H21NO3/c1-2-15(18)14-9-6-10-17(11-14)16(19)20-12-13-7-4-3-5-8-13/h2-5,7-8,14-15,18H,1,6,9-12H2. The predicted octanol–water partition coefficient (Wildman–Crippen LogP) is 2.58. The summed E-state index contributed by atoms with van der Waals surface area (Å²) in [6.07, 6.45) is 2.46. The van der Waals surface area contributed by atoms with Gasteiger partial charge in [-0.15, -0.1) is 6.58 Å². The summed E-state index contributed by atoms with van der Waals surface area (Å²) in [6, 6.07) is 9.61. The minimum absolute atomic E-state index is 0.0607. The van der Waals surface area contributed by atoms with Crippen LogP contribution in [0.25, 0.3) is 0 Å². The van der Waals surface area contributed by atoms with Gasteiger partial charge in [0.15, 0.2) is 0 Å². The maximum atomic E-state index is 12.0. The van der Waals surface area contributed by atoms with Crippen LogP contribution in [0.1, 0.15) is 18.4 Å². The van der Waals surface area contributed by atoms with Gasteiger partial charge in [-0.25, -0.2) is 4.79 Å². The van der Waals surface area contributed by atoms with E-state index in [4.69, 9.17) is 4.74 Å². The summed E-state index contributed by atoms with van der Waals surface area (Å²) in [5.74, 6) is 0.0607. The Kier molecular flexibility index (Phi) is 5.18. The van der Waals surface area contributed by atoms with Gasteiger partial charge in [0.25, 0.3) is 0 Å². The first-order chi connectivity index (χ1) is 9.70. The van der Waals surface area contributed by atoms with Crippen LogP contribution in [-0.2, 0) is 11.3 Å². The summed E-state index contributed by atoms with van der Waals surface area (Å²) in [5.41, 5.74) is 0.973. The topological polar surface area (TPSA) is 49.8 Å². The van der Waals surface area contributed by atoms with Gasteiger partial charge < -0.3 is 14.7 Å². The molecule has 0 spiro atoms. The van der Waals surface area contributed by atoms with Gasteiger partial charge in [-0.1, -0.05) is 36.4 Å². The highest BCUT2D eigenvalue weighted by Gasteiger charge is 2.27. The molecule has 2 rings (SSSR count). The van der Waals surface area contributed by atoms with Gasteiger partial charge in [-0.2, -0.15) is 0 Å². The Morgan fingerprint density at radius 1 is 1.50 bits per heavy atom. The number of piperidine rings is 1. The van der Waals surface area contributed by atoms with Crippen LogP contribution >= 0.6 is 0 Å². The number of hydrogen-bond donors (Lipinski definition) is 1. The smallest absolute Gasteiger partial charge is 0.410 e. The van der Waals surface area contributed by atoms with Gasteiger partial charge in [-0.3, -0.25) is 0 Å². The number of likely N-dealkylation sites (tertiary alicyclic amines) is 1. The summed E-state index contributed by atoms with van der Waals surface area (Å²) in [5, 5.41) is 9.79. The molecule has 0 saturated carbocycles. The number of carbonyl (C=O) groups is 1. The summed E-state index contributed by atoms with van der Waals surface area (Å²) >= 11 is 0. The van der Waals surface area contributed by atoms with E-state index in [0.29, 0.717) is 13.1 Å². The molecule has 1 aliphatic heterocycles. The first kappa shape index (κ1) is 14.6. The van der Waals surface area contributed by atoms with Crippen LogP contribution in [0, 0.1) is 5.92 Å². The fraction of sp³-hybridized carbons (Fsp3) is 0.438. The molecule has 1 aromatic rings. The van der Waals surface area contributed by atoms with Crippen molar-refractivity contribution in [1.82, 2.24) is 4.90 Å². The molecule has 4 nitrogen and oxygen atoms in total. The summed E-state index contributed by atoms with van der Waals surface area (Å²) in [7, 11) is 0. The minimum Gasteiger partial charge on any atom is -0.445 e. The highest BCUT2D eigenvalue weighted by molar-refractivity contribution is 5.67. The van der Waals surface area contributed by atoms with Crippen molar-refractivity contribution < 1.29 is 14.6 Å². The van der Waals surface area contributed by atoms with Crippen molar-refractivity contribution in [2.75, 3.05) is 13.1 Å². The molecule has 1 saturated heterocycles. The molecule has 1 aliphatic rings. The average molecular weight is 275 g/mol. The van der Waals surface area contributed by atoms with Gasteiger partial charge >= 0.3 is 6.09 Å². The van der Waals surface area contributed by atoms with Crippen LogP contribution in [0.2, 0.25) is 0 Å². The number of nitrogens with zero attached hydrogens (tertiary/aromatic N) is 1. The predicted molar refractivity (Wildman–Crippen MR) is 77.1 cm³/mol. The molecular formula is C16H21NO3. The first-order valence-corrected chi connectivity index (χ1v) is 6.97. The van der Waals surface area contributed by atoms with Crippen molar-refractivity contribution >= 4 is 6.09 Å². The normalized spacial score (nSPS) is 20.2. The van der Waals surface area contributed by atoms with Crippen LogP contribution in [0.5, 0.6) is 0 Å². The molecule has 1 N–H and O–H groups in total. The molecule has 1 amide bonds. The Hall–Kier alpha value is -1.81. The number of benzene rings is 1. The van der Waals surface area contributed by atoms with Gasteiger partial charge in [0.1, 0.15) is 6.61 Å². The van der Waals surface area contributed by atoms with E-state index in [-0.39, 0.29) is 18.6 Å². The van der Waals surface area contributed by atoms with Crippen molar-refractivity contribution in [2.24, 2.45) is 5.92 Å². The highest BCUT2D eigenvalue weighted by Crippen LogP contribution is 2.21. The maximum absolute atomic E-state index is 12.0. The van der Waals surface area contributed by atoms with E-state index >= 15 is 0 Å². The Morgan fingerprint density at radius 3 is 2.95 bits per heavy atom. The van der Waals surface area contributed by atoms with E-state index in [1.54, 1.807) is 4.90 Å². The van der Waals surface area contributed by atoms with Crippen molar-refractivity contribution in [3.05, 3.63) is 48.6 Å². The zero-order chi connectivity index (χ0) is 14.4. The number of amides is 1. The van der Waals surface area contributed by atoms with Gasteiger partial charge in [-0.05, 0) is 18.4 Å². The average Bonchev–Trinajstić information content (AvgIpc) is 2.53. The summed E-state index contributed by atoms with van der Waals surface area (Å²) < 4.78 is 5.31. The number of aliphatic hydroxyl groups excluding tert-OH is 1. The lowest BCUT2D eigenvalue weighted by atomic mass is 9.93. The van der Waals surface area contributed by atoms with Crippen molar-refractivity contribution in [2.45, 2.75) is 25.6 Å². The lowest BCUT2D eigenvalue weighted by Gasteiger charge is -2.33. The van der Waals surface area contributed by atoms with Crippen molar-refractivity contribution in [3.63, 3.8) is 0 Å². The van der Waals surface area contributed by atoms with E-state index in [0.717, 1.165) is 18.4 Å². The molecule has 0 aliphatic carbocycles. The number of aliphatic hydroxyl groups is 1. The molecule has 1 aromatic carbocycles. The molecule has 2 atom stereocenters. The largest absolute Gasteiger partial charge is 0.445 e. The molecule has 20 heavy (non-hydrogen) atoms. The lowest BCUT2D eigenvalue weighted by Crippen LogP contribution is -2.43. The van der Waals surface area contributed by atoms with E-state index in [1.807, 2.05) is 30.3 Å². The molecule has 4 heteroatoms. The highest BCUT2D eigenvalue weighted by atomic mass is 16.6. The molecule has 108 valence electrons. The molecule has 1 heterocycles. The second-order valence-electron chi connectivity index (χ2n) is 5.11. The Morgan fingerprint density at radius 2 is 2.25 bits per heavy atom. The number of ether oxygens (including phenoxy) is 1. The molecule has 1 fully saturated rings. The third-order valence-electron chi connectivity index (χ3n) is 3.65. The first-order valence-electron chi connectivity index (χ1n) is 6.97. The quantitative estimate of drug-likeness (QED) is 0.859. The van der Waals surface area contributed by atoms with Gasteiger partial charge in [0.05, 0.1) is 6.10 Å². The molecule has 0 radical (unpaired) electrons. The van der Waals surface area contributed by atoms with Crippen molar-refractivity contribution in [1.29, 1.82) is 0 Å². The number of carbonyl (C=O) groups excluding carboxylic acids is 1. The van der Waals surface area contributed by atoms with Gasteiger partial charge in [0, 0.05) is 19.0 Å². The van der Waals surface area contributed by atoms with E-state index in [1.165, 1.54) is 6.08 Å². The fourth-order valence-corrected chi connectivity index (χ4v) is 2.46. The second kappa shape index (κ2) is 7.10. The van der Waals surface area contributed by atoms with Crippen LogP contribution in [-0.4, -0.2) is 35.3 Å². The van der Waals surface area contributed by atoms with Crippen LogP contribution < -0.4 is 0 Å². The maximum Gasteiger partial charge on any atom is 0.410 e. The molecule has 0 aromatic heterocycles. The Labute approximate surface area is 119 Å². The van der Waals surface area contributed by atoms with Crippen LogP contribution in [0.4, 0.5) is 4.79 Å². The third kappa shape index (κ3) is 3.84. The van der Waals surface area contributed by atoms with E-state index in [2.05, 4.69) is 6.58 Å². The number of hydrogen-bond acceptors (Lipinski definition) is 3. The zero-order valence-electron chi connectivity index (χ0n) is 11.6.